The molecule has 1 unspecified atom stereocenters. The molecule has 0 bridgehead atoms. The van der Waals surface area contributed by atoms with Gasteiger partial charge in [0.05, 0.1) is 12.3 Å². The fraction of sp³-hybridized carbons (Fsp3) is 0.364. The van der Waals surface area contributed by atoms with Crippen LogP contribution in [-0.2, 0) is 0 Å². The Balaban J connectivity index is 1.56. The minimum atomic E-state index is -4.52. The lowest BCUT2D eigenvalue weighted by molar-refractivity contribution is -0.174. The van der Waals surface area contributed by atoms with Crippen molar-refractivity contribution in [1.82, 2.24) is 9.78 Å². The summed E-state index contributed by atoms with van der Waals surface area (Å²) in [6.07, 6.45) is -2.40. The van der Waals surface area contributed by atoms with Gasteiger partial charge in [-0.2, -0.15) is 18.3 Å². The fourth-order valence-electron chi connectivity index (χ4n) is 3.69. The van der Waals surface area contributed by atoms with Crippen LogP contribution in [0, 0.1) is 0 Å². The van der Waals surface area contributed by atoms with Crippen molar-refractivity contribution in [2.24, 2.45) is 0 Å². The first-order valence-electron chi connectivity index (χ1n) is 10.1. The first-order chi connectivity index (χ1) is 14.8. The molecule has 0 fully saturated rings. The van der Waals surface area contributed by atoms with E-state index in [0.717, 1.165) is 16.7 Å². The number of aromatic nitrogens is 2. The number of nitrogens with one attached hydrogen (secondary N) is 2. The number of anilines is 2. The first kappa shape index (κ1) is 21.0. The van der Waals surface area contributed by atoms with E-state index in [9.17, 15) is 18.0 Å². The number of hydrogen-bond donors (Lipinski definition) is 2. The number of benzene rings is 1. The summed E-state index contributed by atoms with van der Waals surface area (Å²) in [5.74, 6) is 0.342. The number of nitrogens with zero attached hydrogens (tertiary/aromatic N) is 2. The third-order valence-electron chi connectivity index (χ3n) is 5.66. The molecule has 2 N–H and O–H groups in total. The van der Waals surface area contributed by atoms with Gasteiger partial charge in [-0.15, -0.1) is 0 Å². The van der Waals surface area contributed by atoms with Gasteiger partial charge >= 0.3 is 6.18 Å². The van der Waals surface area contributed by atoms with Gasteiger partial charge in [0, 0.05) is 18.2 Å². The number of furan rings is 1. The van der Waals surface area contributed by atoms with Gasteiger partial charge in [0.15, 0.2) is 11.7 Å². The van der Waals surface area contributed by atoms with E-state index in [1.165, 1.54) is 12.3 Å². The maximum absolute atomic E-state index is 13.7. The van der Waals surface area contributed by atoms with E-state index in [-0.39, 0.29) is 17.9 Å². The van der Waals surface area contributed by atoms with E-state index in [1.807, 2.05) is 12.1 Å². The maximum atomic E-state index is 13.7. The normalized spacial score (nSPS) is 19.4. The fourth-order valence-corrected chi connectivity index (χ4v) is 3.69. The summed E-state index contributed by atoms with van der Waals surface area (Å²) in [5.41, 5.74) is 1.61. The summed E-state index contributed by atoms with van der Waals surface area (Å²) < 4.78 is 47.2. The predicted molar refractivity (Wildman–Crippen MR) is 110 cm³/mol. The van der Waals surface area contributed by atoms with Crippen LogP contribution in [0.4, 0.5) is 24.7 Å². The Morgan fingerprint density at radius 3 is 2.68 bits per heavy atom. The minimum absolute atomic E-state index is 0.0946. The van der Waals surface area contributed by atoms with Crippen molar-refractivity contribution < 1.29 is 22.4 Å². The highest BCUT2D eigenvalue weighted by Crippen LogP contribution is 2.43. The average molecular weight is 432 g/mol. The Bertz CT molecular complexity index is 1040. The number of amides is 1. The van der Waals surface area contributed by atoms with Crippen LogP contribution in [0.2, 0.25) is 0 Å². The molecule has 0 saturated carbocycles. The smallest absolute Gasteiger partial charge is 0.410 e. The van der Waals surface area contributed by atoms with Crippen LogP contribution in [0.3, 0.4) is 0 Å². The van der Waals surface area contributed by atoms with Crippen molar-refractivity contribution in [2.75, 3.05) is 10.6 Å². The van der Waals surface area contributed by atoms with Gasteiger partial charge in [-0.3, -0.25) is 4.79 Å². The highest BCUT2D eigenvalue weighted by molar-refractivity contribution is 6.03. The Labute approximate surface area is 177 Å². The molecule has 0 spiro atoms. The first-order valence-corrected chi connectivity index (χ1v) is 10.1. The summed E-state index contributed by atoms with van der Waals surface area (Å²) in [7, 11) is 0. The van der Waals surface area contributed by atoms with Gasteiger partial charge in [0.2, 0.25) is 0 Å². The second-order valence-corrected chi connectivity index (χ2v) is 7.75. The molecule has 3 atom stereocenters. The van der Waals surface area contributed by atoms with Gasteiger partial charge < -0.3 is 15.1 Å². The van der Waals surface area contributed by atoms with Crippen molar-refractivity contribution in [3.63, 3.8) is 0 Å². The number of carbonyl (C=O) groups excluding carboxylic acids is 1. The molecule has 3 aromatic rings. The van der Waals surface area contributed by atoms with E-state index in [4.69, 9.17) is 4.42 Å². The van der Waals surface area contributed by atoms with Gasteiger partial charge in [-0.25, -0.2) is 4.68 Å². The predicted octanol–water partition coefficient (Wildman–Crippen LogP) is 5.90. The molecule has 0 saturated heterocycles. The molecule has 1 aromatic carbocycles. The molecule has 164 valence electrons. The van der Waals surface area contributed by atoms with Crippen molar-refractivity contribution in [3.8, 4) is 0 Å². The highest BCUT2D eigenvalue weighted by Gasteiger charge is 2.47. The Morgan fingerprint density at radius 1 is 1.32 bits per heavy atom. The quantitative estimate of drug-likeness (QED) is 0.526. The van der Waals surface area contributed by atoms with Crippen molar-refractivity contribution in [1.29, 1.82) is 0 Å². The zero-order valence-electron chi connectivity index (χ0n) is 17.1. The molecule has 0 aliphatic carbocycles. The lowest BCUT2D eigenvalue weighted by Crippen LogP contribution is -2.35. The van der Waals surface area contributed by atoms with E-state index in [2.05, 4.69) is 29.6 Å². The van der Waals surface area contributed by atoms with Gasteiger partial charge in [-0.1, -0.05) is 26.0 Å². The standard InChI is InChI=1S/C22H23F3N4O2/c1-3-13(2)14-6-8-15(9-7-14)26-21(30)17-12-20-27-16(18-5-4-10-31-18)11-19(22(23,24)25)29(20)28-17/h4-10,12-13,16,19,27H,3,11H2,1-2H3,(H,26,30)/t13?,16-,19+/m1/s1. The van der Waals surface area contributed by atoms with E-state index >= 15 is 0 Å². The SMILES string of the molecule is CCC(C)c1ccc(NC(=O)c2cc3n(n2)[C@H](C(F)(F)F)C[C@H](c2ccco2)N3)cc1. The number of fused-ring (bicyclic) bond motifs is 1. The number of alkyl halides is 3. The molecular weight excluding hydrogens is 409 g/mol. The molecule has 1 aliphatic heterocycles. The third kappa shape index (κ3) is 4.30. The molecule has 3 heterocycles. The van der Waals surface area contributed by atoms with Gasteiger partial charge in [0.25, 0.3) is 5.91 Å². The Kier molecular flexibility index (Phi) is 5.51. The summed E-state index contributed by atoms with van der Waals surface area (Å²) >= 11 is 0. The molecule has 6 nitrogen and oxygen atoms in total. The largest absolute Gasteiger partial charge is 0.467 e. The molecule has 0 radical (unpaired) electrons. The summed E-state index contributed by atoms with van der Waals surface area (Å²) in [6.45, 7) is 4.21. The summed E-state index contributed by atoms with van der Waals surface area (Å²) in [5, 5.41) is 9.66. The molecule has 9 heteroatoms. The molecule has 4 rings (SSSR count). The van der Waals surface area contributed by atoms with E-state index < -0.39 is 24.2 Å². The van der Waals surface area contributed by atoms with Crippen molar-refractivity contribution in [2.45, 2.75) is 50.9 Å². The molecule has 1 amide bonds. The van der Waals surface area contributed by atoms with Gasteiger partial charge in [-0.05, 0) is 42.2 Å². The topological polar surface area (TPSA) is 72.1 Å². The molecular formula is C22H23F3N4O2. The third-order valence-corrected chi connectivity index (χ3v) is 5.66. The van der Waals surface area contributed by atoms with Crippen molar-refractivity contribution in [3.05, 3.63) is 65.7 Å². The number of hydrogen-bond acceptors (Lipinski definition) is 4. The summed E-state index contributed by atoms with van der Waals surface area (Å²) in [4.78, 5) is 12.7. The molecule has 2 aromatic heterocycles. The van der Waals surface area contributed by atoms with Crippen LogP contribution in [0.25, 0.3) is 0 Å². The van der Waals surface area contributed by atoms with Crippen LogP contribution < -0.4 is 10.6 Å². The Morgan fingerprint density at radius 2 is 2.06 bits per heavy atom. The molecule has 1 aliphatic rings. The van der Waals surface area contributed by atoms with Crippen LogP contribution in [-0.4, -0.2) is 21.9 Å². The lowest BCUT2D eigenvalue weighted by Gasteiger charge is -2.32. The zero-order valence-corrected chi connectivity index (χ0v) is 17.1. The van der Waals surface area contributed by atoms with Crippen LogP contribution in [0.1, 0.15) is 66.5 Å². The average Bonchev–Trinajstić information content (AvgIpc) is 3.42. The number of rotatable bonds is 5. The monoisotopic (exact) mass is 432 g/mol. The van der Waals surface area contributed by atoms with E-state index in [0.29, 0.717) is 17.4 Å². The van der Waals surface area contributed by atoms with Gasteiger partial charge in [0.1, 0.15) is 11.6 Å². The van der Waals surface area contributed by atoms with Crippen LogP contribution in [0.15, 0.2) is 53.1 Å². The second kappa shape index (κ2) is 8.13. The molecule has 31 heavy (non-hydrogen) atoms. The number of carbonyl (C=O) groups is 1. The summed E-state index contributed by atoms with van der Waals surface area (Å²) in [6, 6.07) is 9.44. The Hall–Kier alpha value is -3.23. The van der Waals surface area contributed by atoms with E-state index in [1.54, 1.807) is 24.3 Å². The maximum Gasteiger partial charge on any atom is 0.410 e. The minimum Gasteiger partial charge on any atom is -0.467 e. The second-order valence-electron chi connectivity index (χ2n) is 7.75. The van der Waals surface area contributed by atoms with Crippen LogP contribution in [0.5, 0.6) is 0 Å². The highest BCUT2D eigenvalue weighted by atomic mass is 19.4. The van der Waals surface area contributed by atoms with Crippen molar-refractivity contribution >= 4 is 17.4 Å². The lowest BCUT2D eigenvalue weighted by atomic mass is 9.99. The number of halogens is 3. The van der Waals surface area contributed by atoms with Crippen LogP contribution >= 0.6 is 0 Å². The zero-order chi connectivity index (χ0) is 22.2.